The smallest absolute Gasteiger partial charge is 0.257 e. The topological polar surface area (TPSA) is 79.8 Å². The summed E-state index contributed by atoms with van der Waals surface area (Å²) in [7, 11) is 0. The van der Waals surface area contributed by atoms with Crippen molar-refractivity contribution < 1.29 is 4.79 Å². The van der Waals surface area contributed by atoms with Gasteiger partial charge in [0.2, 0.25) is 5.28 Å². The van der Waals surface area contributed by atoms with Gasteiger partial charge in [0.25, 0.3) is 5.91 Å². The van der Waals surface area contributed by atoms with Gasteiger partial charge in [-0.1, -0.05) is 29.8 Å². The van der Waals surface area contributed by atoms with Crippen molar-refractivity contribution >= 4 is 51.5 Å². The van der Waals surface area contributed by atoms with E-state index in [0.717, 1.165) is 22.0 Å². The van der Waals surface area contributed by atoms with Crippen LogP contribution in [0.3, 0.4) is 0 Å². The molecule has 4 aromatic rings. The number of rotatable bonds is 5. The Morgan fingerprint density at radius 2 is 1.77 bits per heavy atom. The summed E-state index contributed by atoms with van der Waals surface area (Å²) in [5.41, 5.74) is 4.05. The van der Waals surface area contributed by atoms with Crippen LogP contribution in [0.15, 0.2) is 60.8 Å². The molecule has 0 fully saturated rings. The molecule has 6 nitrogen and oxygen atoms in total. The minimum absolute atomic E-state index is 0.0410. The Labute approximate surface area is 189 Å². The number of carbonyl (C=O) groups excluding carboxylic acids is 1. The number of aromatic nitrogens is 3. The van der Waals surface area contributed by atoms with Crippen molar-refractivity contribution in [3.05, 3.63) is 87.9 Å². The van der Waals surface area contributed by atoms with Gasteiger partial charge in [-0.15, -0.1) is 0 Å². The lowest BCUT2D eigenvalue weighted by molar-refractivity contribution is 0.102. The number of nitrogens with zero attached hydrogens (tertiary/aromatic N) is 3. The molecule has 2 N–H and O–H groups in total. The fraction of sp³-hybridized carbons (Fsp3) is 0.130. The van der Waals surface area contributed by atoms with Crippen LogP contribution in [0.4, 0.5) is 11.5 Å². The Kier molecular flexibility index (Phi) is 6.02. The molecule has 0 saturated heterocycles. The number of anilines is 2. The standard InChI is InChI=1S/C23H19Cl2N5O/c1-13-3-9-18-19(11-13)29-23(25)30-21(18)27-14(2)15-4-7-17(8-5-15)28-22(31)16-6-10-20(24)26-12-16/h3-12,14H,1-2H3,(H,28,31)(H,27,29,30)/t14-/m1/s1. The summed E-state index contributed by atoms with van der Waals surface area (Å²) >= 11 is 11.9. The van der Waals surface area contributed by atoms with Gasteiger partial charge in [0.15, 0.2) is 0 Å². The summed E-state index contributed by atoms with van der Waals surface area (Å²) in [6, 6.07) is 16.7. The van der Waals surface area contributed by atoms with Crippen LogP contribution in [0, 0.1) is 6.92 Å². The molecule has 31 heavy (non-hydrogen) atoms. The van der Waals surface area contributed by atoms with Crippen LogP contribution in [-0.2, 0) is 0 Å². The summed E-state index contributed by atoms with van der Waals surface area (Å²) in [6.07, 6.45) is 1.44. The monoisotopic (exact) mass is 451 g/mol. The maximum absolute atomic E-state index is 12.3. The third kappa shape index (κ3) is 4.93. The average Bonchev–Trinajstić information content (AvgIpc) is 2.74. The summed E-state index contributed by atoms with van der Waals surface area (Å²) in [5.74, 6) is 0.426. The zero-order valence-electron chi connectivity index (χ0n) is 16.9. The number of hydrogen-bond acceptors (Lipinski definition) is 5. The number of carbonyl (C=O) groups is 1. The summed E-state index contributed by atoms with van der Waals surface area (Å²) < 4.78 is 0. The second kappa shape index (κ2) is 8.88. The zero-order chi connectivity index (χ0) is 22.0. The van der Waals surface area contributed by atoms with Crippen LogP contribution in [0.2, 0.25) is 10.4 Å². The number of hydrogen-bond donors (Lipinski definition) is 2. The fourth-order valence-electron chi connectivity index (χ4n) is 3.18. The van der Waals surface area contributed by atoms with Gasteiger partial charge in [-0.3, -0.25) is 4.79 Å². The molecule has 0 aliphatic heterocycles. The molecular weight excluding hydrogens is 433 g/mol. The first-order chi connectivity index (χ1) is 14.9. The molecule has 0 spiro atoms. The van der Waals surface area contributed by atoms with Crippen molar-refractivity contribution in [3.63, 3.8) is 0 Å². The van der Waals surface area contributed by atoms with Crippen LogP contribution < -0.4 is 10.6 Å². The molecule has 1 atom stereocenters. The lowest BCUT2D eigenvalue weighted by Gasteiger charge is -2.17. The minimum atomic E-state index is -0.250. The normalized spacial score (nSPS) is 11.9. The lowest BCUT2D eigenvalue weighted by atomic mass is 10.1. The molecule has 156 valence electrons. The van der Waals surface area contributed by atoms with E-state index in [0.29, 0.717) is 22.2 Å². The Balaban J connectivity index is 1.49. The Morgan fingerprint density at radius 1 is 1.00 bits per heavy atom. The van der Waals surface area contributed by atoms with Gasteiger partial charge in [-0.05, 0) is 73.0 Å². The molecule has 4 rings (SSSR count). The number of amides is 1. The Hall–Kier alpha value is -3.22. The van der Waals surface area contributed by atoms with Crippen molar-refractivity contribution in [2.24, 2.45) is 0 Å². The molecular formula is C23H19Cl2N5O. The van der Waals surface area contributed by atoms with Crippen molar-refractivity contribution in [3.8, 4) is 0 Å². The lowest BCUT2D eigenvalue weighted by Crippen LogP contribution is -2.12. The minimum Gasteiger partial charge on any atom is -0.363 e. The third-order valence-electron chi connectivity index (χ3n) is 4.84. The van der Waals surface area contributed by atoms with E-state index >= 15 is 0 Å². The fourth-order valence-corrected chi connectivity index (χ4v) is 3.47. The van der Waals surface area contributed by atoms with Crippen molar-refractivity contribution in [2.75, 3.05) is 10.6 Å². The maximum Gasteiger partial charge on any atom is 0.257 e. The van der Waals surface area contributed by atoms with Crippen LogP contribution in [0.5, 0.6) is 0 Å². The van der Waals surface area contributed by atoms with Crippen molar-refractivity contribution in [1.82, 2.24) is 15.0 Å². The molecule has 8 heteroatoms. The average molecular weight is 452 g/mol. The number of nitrogens with one attached hydrogen (secondary N) is 2. The van der Waals surface area contributed by atoms with Gasteiger partial charge in [-0.2, -0.15) is 0 Å². The van der Waals surface area contributed by atoms with Crippen molar-refractivity contribution in [1.29, 1.82) is 0 Å². The molecule has 0 aliphatic rings. The van der Waals surface area contributed by atoms with Gasteiger partial charge >= 0.3 is 0 Å². The number of benzene rings is 2. The number of pyridine rings is 1. The summed E-state index contributed by atoms with van der Waals surface area (Å²) in [4.78, 5) is 24.9. The third-order valence-corrected chi connectivity index (χ3v) is 5.23. The largest absolute Gasteiger partial charge is 0.363 e. The quantitative estimate of drug-likeness (QED) is 0.284. The molecule has 2 heterocycles. The van der Waals surface area contributed by atoms with E-state index in [4.69, 9.17) is 23.2 Å². The van der Waals surface area contributed by atoms with Gasteiger partial charge in [-0.25, -0.2) is 15.0 Å². The molecule has 0 bridgehead atoms. The highest BCUT2D eigenvalue weighted by Gasteiger charge is 2.12. The van der Waals surface area contributed by atoms with Gasteiger partial charge in [0.05, 0.1) is 11.1 Å². The van der Waals surface area contributed by atoms with E-state index in [1.165, 1.54) is 6.20 Å². The van der Waals surface area contributed by atoms with E-state index in [1.807, 2.05) is 56.3 Å². The highest BCUT2D eigenvalue weighted by molar-refractivity contribution is 6.29. The van der Waals surface area contributed by atoms with Crippen LogP contribution in [0.25, 0.3) is 10.9 Å². The Morgan fingerprint density at radius 3 is 2.48 bits per heavy atom. The van der Waals surface area contributed by atoms with E-state index in [-0.39, 0.29) is 17.2 Å². The number of halogens is 2. The van der Waals surface area contributed by atoms with E-state index in [2.05, 4.69) is 25.6 Å². The zero-order valence-corrected chi connectivity index (χ0v) is 18.4. The first-order valence-electron chi connectivity index (χ1n) is 9.62. The maximum atomic E-state index is 12.3. The molecule has 0 saturated carbocycles. The van der Waals surface area contributed by atoms with E-state index in [1.54, 1.807) is 12.1 Å². The summed E-state index contributed by atoms with van der Waals surface area (Å²) in [5, 5.41) is 7.70. The van der Waals surface area contributed by atoms with Crippen LogP contribution >= 0.6 is 23.2 Å². The molecule has 0 unspecified atom stereocenters. The molecule has 2 aromatic heterocycles. The molecule has 0 radical (unpaired) electrons. The van der Waals surface area contributed by atoms with Gasteiger partial charge in [0, 0.05) is 23.3 Å². The van der Waals surface area contributed by atoms with Gasteiger partial charge < -0.3 is 10.6 Å². The summed E-state index contributed by atoms with van der Waals surface area (Å²) in [6.45, 7) is 4.04. The number of aryl methyl sites for hydroxylation is 1. The predicted molar refractivity (Wildman–Crippen MR) is 125 cm³/mol. The first kappa shape index (κ1) is 21.0. The molecule has 1 amide bonds. The molecule has 0 aliphatic carbocycles. The second-order valence-corrected chi connectivity index (χ2v) is 7.90. The molecule has 2 aromatic carbocycles. The second-order valence-electron chi connectivity index (χ2n) is 7.17. The highest BCUT2D eigenvalue weighted by atomic mass is 35.5. The first-order valence-corrected chi connectivity index (χ1v) is 10.4. The van der Waals surface area contributed by atoms with Gasteiger partial charge in [0.1, 0.15) is 11.0 Å². The van der Waals surface area contributed by atoms with E-state index in [9.17, 15) is 4.79 Å². The number of fused-ring (bicyclic) bond motifs is 1. The highest BCUT2D eigenvalue weighted by Crippen LogP contribution is 2.27. The van der Waals surface area contributed by atoms with Crippen LogP contribution in [-0.4, -0.2) is 20.9 Å². The van der Waals surface area contributed by atoms with E-state index < -0.39 is 0 Å². The SMILES string of the molecule is Cc1ccc2c(N[C@H](C)c3ccc(NC(=O)c4ccc(Cl)nc4)cc3)nc(Cl)nc2c1. The predicted octanol–water partition coefficient (Wildman–Crippen LogP) is 6.07. The Bertz CT molecular complexity index is 1240. The van der Waals surface area contributed by atoms with Crippen LogP contribution in [0.1, 0.15) is 34.5 Å². The van der Waals surface area contributed by atoms with Crippen molar-refractivity contribution in [2.45, 2.75) is 19.9 Å².